The van der Waals surface area contributed by atoms with Crippen molar-refractivity contribution < 1.29 is 35.7 Å². The minimum atomic E-state index is -4.99. The Morgan fingerprint density at radius 2 is 1.68 bits per heavy atom. The first-order valence-corrected chi connectivity index (χ1v) is 4.69. The molecule has 1 rings (SSSR count). The van der Waals surface area contributed by atoms with Gasteiger partial charge in [0.2, 0.25) is 0 Å². The quantitative estimate of drug-likeness (QED) is 0.362. The van der Waals surface area contributed by atoms with E-state index in [4.69, 9.17) is 0 Å². The number of alkyl halides is 6. The monoisotopic (exact) mass is 283 g/mol. The summed E-state index contributed by atoms with van der Waals surface area (Å²) < 4.78 is 83.6. The SMILES string of the molecule is C=CO[B]Oc1ccc(C(F)(F)F)cc1C(F)(F)F. The molecule has 0 aromatic heterocycles. The molecule has 0 fully saturated rings. The van der Waals surface area contributed by atoms with Gasteiger partial charge in [0.25, 0.3) is 0 Å². The van der Waals surface area contributed by atoms with Crippen LogP contribution in [0, 0.1) is 0 Å². The van der Waals surface area contributed by atoms with Gasteiger partial charge in [-0.1, -0.05) is 6.58 Å². The van der Waals surface area contributed by atoms with Crippen LogP contribution >= 0.6 is 0 Å². The van der Waals surface area contributed by atoms with E-state index in [2.05, 4.69) is 15.9 Å². The number of halogens is 6. The molecule has 0 aliphatic heterocycles. The highest BCUT2D eigenvalue weighted by Crippen LogP contribution is 2.40. The lowest BCUT2D eigenvalue weighted by atomic mass is 10.1. The van der Waals surface area contributed by atoms with Crippen LogP contribution in [0.2, 0.25) is 0 Å². The number of benzene rings is 1. The lowest BCUT2D eigenvalue weighted by Crippen LogP contribution is -2.14. The van der Waals surface area contributed by atoms with Crippen LogP contribution in [0.3, 0.4) is 0 Å². The Bertz CT molecular complexity index is 454. The van der Waals surface area contributed by atoms with Crippen LogP contribution in [0.5, 0.6) is 5.75 Å². The third kappa shape index (κ3) is 4.11. The van der Waals surface area contributed by atoms with E-state index >= 15 is 0 Å². The number of hydrogen-bond donors (Lipinski definition) is 0. The van der Waals surface area contributed by atoms with Gasteiger partial charge in [0.1, 0.15) is 5.75 Å². The highest BCUT2D eigenvalue weighted by molar-refractivity contribution is 6.19. The maximum atomic E-state index is 12.6. The second kappa shape index (κ2) is 5.46. The van der Waals surface area contributed by atoms with E-state index in [1.807, 2.05) is 0 Å². The second-order valence-electron chi connectivity index (χ2n) is 3.22. The molecule has 1 aromatic rings. The molecule has 0 heterocycles. The largest absolute Gasteiger partial charge is 0.657 e. The molecule has 0 unspecified atom stereocenters. The molecular weight excluding hydrogens is 277 g/mol. The summed E-state index contributed by atoms with van der Waals surface area (Å²) in [7, 11) is 0.519. The van der Waals surface area contributed by atoms with E-state index in [-0.39, 0.29) is 6.07 Å². The van der Waals surface area contributed by atoms with Gasteiger partial charge in [-0.05, 0) is 18.2 Å². The van der Waals surface area contributed by atoms with Crippen molar-refractivity contribution in [2.24, 2.45) is 0 Å². The standard InChI is InChI=1S/C10H6BF6O2/c1-2-18-11-19-8-4-3-6(9(12,13)14)5-7(8)10(15,16)17/h2-5H,1H2. The van der Waals surface area contributed by atoms with Crippen molar-refractivity contribution in [1.29, 1.82) is 0 Å². The summed E-state index contributed by atoms with van der Waals surface area (Å²) in [4.78, 5) is 0. The van der Waals surface area contributed by atoms with Gasteiger partial charge in [-0.2, -0.15) is 26.3 Å². The lowest BCUT2D eigenvalue weighted by molar-refractivity contribution is -0.143. The van der Waals surface area contributed by atoms with Crippen molar-refractivity contribution in [3.63, 3.8) is 0 Å². The summed E-state index contributed by atoms with van der Waals surface area (Å²) in [5, 5.41) is 0. The van der Waals surface area contributed by atoms with E-state index in [1.165, 1.54) is 0 Å². The van der Waals surface area contributed by atoms with Crippen LogP contribution in [-0.4, -0.2) is 7.69 Å². The van der Waals surface area contributed by atoms with Gasteiger partial charge < -0.3 is 9.31 Å². The van der Waals surface area contributed by atoms with E-state index in [0.717, 1.165) is 6.26 Å². The Morgan fingerprint density at radius 1 is 1.05 bits per heavy atom. The third-order valence-electron chi connectivity index (χ3n) is 1.94. The Kier molecular flexibility index (Phi) is 4.38. The van der Waals surface area contributed by atoms with Crippen molar-refractivity contribution in [2.75, 3.05) is 0 Å². The average molecular weight is 283 g/mol. The van der Waals surface area contributed by atoms with E-state index in [0.29, 0.717) is 19.8 Å². The maximum absolute atomic E-state index is 12.6. The Balaban J connectivity index is 3.14. The fourth-order valence-electron chi connectivity index (χ4n) is 1.15. The van der Waals surface area contributed by atoms with Gasteiger partial charge in [0, 0.05) is 0 Å². The van der Waals surface area contributed by atoms with Crippen LogP contribution in [0.4, 0.5) is 26.3 Å². The van der Waals surface area contributed by atoms with E-state index in [1.54, 1.807) is 0 Å². The zero-order chi connectivity index (χ0) is 14.7. The van der Waals surface area contributed by atoms with Gasteiger partial charge in [-0.3, -0.25) is 0 Å². The zero-order valence-corrected chi connectivity index (χ0v) is 9.18. The van der Waals surface area contributed by atoms with Crippen LogP contribution in [-0.2, 0) is 17.0 Å². The summed E-state index contributed by atoms with van der Waals surface area (Å²) in [6.45, 7) is 3.11. The van der Waals surface area contributed by atoms with Crippen LogP contribution < -0.4 is 4.65 Å². The first-order chi connectivity index (χ1) is 8.66. The van der Waals surface area contributed by atoms with Crippen molar-refractivity contribution in [3.05, 3.63) is 42.2 Å². The van der Waals surface area contributed by atoms with Crippen LogP contribution in [0.25, 0.3) is 0 Å². The molecule has 0 saturated carbocycles. The van der Waals surface area contributed by atoms with Gasteiger partial charge in [0.15, 0.2) is 0 Å². The molecule has 1 aromatic carbocycles. The van der Waals surface area contributed by atoms with Gasteiger partial charge in [0.05, 0.1) is 17.4 Å². The Labute approximate surface area is 104 Å². The molecule has 2 nitrogen and oxygen atoms in total. The lowest BCUT2D eigenvalue weighted by Gasteiger charge is -2.15. The molecular formula is C10H6BF6O2. The number of hydrogen-bond acceptors (Lipinski definition) is 2. The molecule has 0 saturated heterocycles. The summed E-state index contributed by atoms with van der Waals surface area (Å²) in [5.74, 6) is -0.803. The predicted molar refractivity (Wildman–Crippen MR) is 54.1 cm³/mol. The molecule has 0 atom stereocenters. The second-order valence-corrected chi connectivity index (χ2v) is 3.22. The average Bonchev–Trinajstić information content (AvgIpc) is 2.27. The third-order valence-corrected chi connectivity index (χ3v) is 1.94. The number of rotatable bonds is 4. The van der Waals surface area contributed by atoms with Crippen molar-refractivity contribution in [1.82, 2.24) is 0 Å². The molecule has 0 amide bonds. The molecule has 0 aliphatic carbocycles. The molecule has 1 radical (unpaired) electrons. The van der Waals surface area contributed by atoms with Gasteiger partial charge in [-0.25, -0.2) is 0 Å². The summed E-state index contributed by atoms with van der Waals surface area (Å²) in [6, 6.07) is 1.01. The van der Waals surface area contributed by atoms with Crippen molar-refractivity contribution in [3.8, 4) is 5.75 Å². The first-order valence-electron chi connectivity index (χ1n) is 4.69. The smallest absolute Gasteiger partial charge is 0.533 e. The molecule has 103 valence electrons. The Hall–Kier alpha value is -1.80. The van der Waals surface area contributed by atoms with E-state index < -0.39 is 29.2 Å². The predicted octanol–water partition coefficient (Wildman–Crippen LogP) is 3.80. The molecule has 0 bridgehead atoms. The molecule has 0 aliphatic rings. The van der Waals surface area contributed by atoms with Gasteiger partial charge in [-0.15, -0.1) is 0 Å². The Morgan fingerprint density at radius 3 is 2.16 bits per heavy atom. The fourth-order valence-corrected chi connectivity index (χ4v) is 1.15. The van der Waals surface area contributed by atoms with E-state index in [9.17, 15) is 26.3 Å². The summed E-state index contributed by atoms with van der Waals surface area (Å²) >= 11 is 0. The first kappa shape index (κ1) is 15.3. The zero-order valence-electron chi connectivity index (χ0n) is 9.18. The highest BCUT2D eigenvalue weighted by Gasteiger charge is 2.38. The molecule has 19 heavy (non-hydrogen) atoms. The van der Waals surface area contributed by atoms with Crippen molar-refractivity contribution in [2.45, 2.75) is 12.4 Å². The van der Waals surface area contributed by atoms with Crippen LogP contribution in [0.15, 0.2) is 31.0 Å². The fraction of sp³-hybridized carbons (Fsp3) is 0.200. The summed E-state index contributed by atoms with van der Waals surface area (Å²) in [6.07, 6.45) is -8.99. The summed E-state index contributed by atoms with van der Waals surface area (Å²) in [5.41, 5.74) is -2.97. The van der Waals surface area contributed by atoms with Crippen molar-refractivity contribution >= 4 is 7.69 Å². The normalized spacial score (nSPS) is 11.9. The minimum absolute atomic E-state index is 0.0307. The maximum Gasteiger partial charge on any atom is 0.657 e. The molecule has 0 N–H and O–H groups in total. The van der Waals surface area contributed by atoms with Crippen LogP contribution in [0.1, 0.15) is 11.1 Å². The molecule has 0 spiro atoms. The molecule has 9 heteroatoms. The topological polar surface area (TPSA) is 18.5 Å². The minimum Gasteiger partial charge on any atom is -0.533 e. The highest BCUT2D eigenvalue weighted by atomic mass is 19.4. The van der Waals surface area contributed by atoms with Gasteiger partial charge >= 0.3 is 20.0 Å².